The number of carbonyl (C=O) groups excluding carboxylic acids is 2. The van der Waals surface area contributed by atoms with Crippen molar-refractivity contribution in [2.75, 3.05) is 18.4 Å². The summed E-state index contributed by atoms with van der Waals surface area (Å²) >= 11 is 6.22. The van der Waals surface area contributed by atoms with Crippen LogP contribution in [0.3, 0.4) is 0 Å². The molecule has 2 aromatic carbocycles. The minimum absolute atomic E-state index is 0.0126. The minimum atomic E-state index is -0.334. The number of hydrogen-bond donors (Lipinski definition) is 3. The first-order valence-corrected chi connectivity index (χ1v) is 10.7. The lowest BCUT2D eigenvalue weighted by Crippen LogP contribution is -2.41. The smallest absolute Gasteiger partial charge is 0.253 e. The molecule has 2 aliphatic heterocycles. The molecule has 158 valence electrons. The van der Waals surface area contributed by atoms with E-state index >= 15 is 0 Å². The quantitative estimate of drug-likeness (QED) is 0.694. The number of nitrogens with zero attached hydrogens (tertiary/aromatic N) is 1. The Morgan fingerprint density at radius 3 is 2.70 bits per heavy atom. The van der Waals surface area contributed by atoms with Crippen molar-refractivity contribution in [3.63, 3.8) is 0 Å². The van der Waals surface area contributed by atoms with E-state index in [1.165, 1.54) is 0 Å². The SMILES string of the molecule is Cc1cc(O)c([C@H](N)C2CCN(C(=O)c3ccc4c(c3)NC(=O)CC4)CC2)cc1Cl. The molecular weight excluding hydrogens is 402 g/mol. The number of carbonyl (C=O) groups is 2. The summed E-state index contributed by atoms with van der Waals surface area (Å²) in [6, 6.07) is 8.59. The highest BCUT2D eigenvalue weighted by atomic mass is 35.5. The number of hydrogen-bond acceptors (Lipinski definition) is 4. The molecule has 1 fully saturated rings. The van der Waals surface area contributed by atoms with Gasteiger partial charge in [0.25, 0.3) is 5.91 Å². The van der Waals surface area contributed by atoms with Gasteiger partial charge in [0.1, 0.15) is 5.75 Å². The van der Waals surface area contributed by atoms with Crippen LogP contribution in [0.4, 0.5) is 5.69 Å². The topological polar surface area (TPSA) is 95.7 Å². The van der Waals surface area contributed by atoms with Crippen molar-refractivity contribution in [2.45, 2.75) is 38.6 Å². The van der Waals surface area contributed by atoms with E-state index in [0.29, 0.717) is 42.1 Å². The molecule has 0 bridgehead atoms. The van der Waals surface area contributed by atoms with Crippen molar-refractivity contribution in [1.82, 2.24) is 4.90 Å². The fourth-order valence-corrected chi connectivity index (χ4v) is 4.52. The lowest BCUT2D eigenvalue weighted by molar-refractivity contribution is -0.116. The highest BCUT2D eigenvalue weighted by molar-refractivity contribution is 6.31. The zero-order valence-electron chi connectivity index (χ0n) is 17.0. The van der Waals surface area contributed by atoms with Gasteiger partial charge in [-0.25, -0.2) is 0 Å². The van der Waals surface area contributed by atoms with Crippen LogP contribution in [-0.4, -0.2) is 34.9 Å². The molecule has 2 heterocycles. The molecule has 0 aliphatic carbocycles. The number of rotatable bonds is 3. The number of piperidine rings is 1. The molecule has 7 heteroatoms. The largest absolute Gasteiger partial charge is 0.508 e. The first-order chi connectivity index (χ1) is 14.3. The third-order valence-corrected chi connectivity index (χ3v) is 6.66. The van der Waals surface area contributed by atoms with Gasteiger partial charge in [-0.3, -0.25) is 9.59 Å². The number of amides is 2. The zero-order valence-corrected chi connectivity index (χ0v) is 17.7. The monoisotopic (exact) mass is 427 g/mol. The van der Waals surface area contributed by atoms with Crippen LogP contribution in [0.15, 0.2) is 30.3 Å². The van der Waals surface area contributed by atoms with Crippen molar-refractivity contribution < 1.29 is 14.7 Å². The van der Waals surface area contributed by atoms with Crippen LogP contribution in [0.2, 0.25) is 5.02 Å². The fourth-order valence-electron chi connectivity index (χ4n) is 4.35. The maximum Gasteiger partial charge on any atom is 0.253 e. The lowest BCUT2D eigenvalue weighted by Gasteiger charge is -2.35. The Balaban J connectivity index is 1.42. The molecule has 4 rings (SSSR count). The molecule has 0 saturated carbocycles. The molecule has 6 nitrogen and oxygen atoms in total. The van der Waals surface area contributed by atoms with Crippen LogP contribution < -0.4 is 11.1 Å². The van der Waals surface area contributed by atoms with Gasteiger partial charge in [-0.15, -0.1) is 0 Å². The summed E-state index contributed by atoms with van der Waals surface area (Å²) in [7, 11) is 0. The van der Waals surface area contributed by atoms with Gasteiger partial charge in [0, 0.05) is 47.4 Å². The number of aryl methyl sites for hydroxylation is 2. The van der Waals surface area contributed by atoms with E-state index in [2.05, 4.69) is 5.32 Å². The molecule has 2 amide bonds. The number of nitrogens with two attached hydrogens (primary N) is 1. The second-order valence-corrected chi connectivity index (χ2v) is 8.64. The summed E-state index contributed by atoms with van der Waals surface area (Å²) < 4.78 is 0. The minimum Gasteiger partial charge on any atom is -0.508 e. The number of aromatic hydroxyl groups is 1. The number of anilines is 1. The fraction of sp³-hybridized carbons (Fsp3) is 0.391. The second kappa shape index (κ2) is 8.28. The van der Waals surface area contributed by atoms with Gasteiger partial charge < -0.3 is 21.1 Å². The Kier molecular flexibility index (Phi) is 5.71. The number of phenolic OH excluding ortho intramolecular Hbond substituents is 1. The number of fused-ring (bicyclic) bond motifs is 1. The van der Waals surface area contributed by atoms with E-state index in [1.54, 1.807) is 18.2 Å². The van der Waals surface area contributed by atoms with Gasteiger partial charge in [-0.2, -0.15) is 0 Å². The molecule has 2 aromatic rings. The molecular formula is C23H26ClN3O3. The normalized spacial score (nSPS) is 18.0. The molecule has 1 atom stereocenters. The average Bonchev–Trinajstić information content (AvgIpc) is 2.75. The van der Waals surface area contributed by atoms with E-state index in [0.717, 1.165) is 29.7 Å². The lowest BCUT2D eigenvalue weighted by atomic mass is 9.85. The maximum atomic E-state index is 13.0. The van der Waals surface area contributed by atoms with E-state index in [9.17, 15) is 14.7 Å². The number of phenols is 1. The number of likely N-dealkylation sites (tertiary alicyclic amines) is 1. The Morgan fingerprint density at radius 2 is 1.97 bits per heavy atom. The molecule has 0 aromatic heterocycles. The molecule has 0 unspecified atom stereocenters. The Bertz CT molecular complexity index is 999. The van der Waals surface area contributed by atoms with Crippen LogP contribution in [0, 0.1) is 12.8 Å². The van der Waals surface area contributed by atoms with Crippen LogP contribution in [0.5, 0.6) is 5.75 Å². The highest BCUT2D eigenvalue weighted by Gasteiger charge is 2.30. The summed E-state index contributed by atoms with van der Waals surface area (Å²) in [5, 5.41) is 13.7. The number of halogens is 1. The summed E-state index contributed by atoms with van der Waals surface area (Å²) in [6.07, 6.45) is 2.68. The Labute approximate surface area is 181 Å². The molecule has 0 spiro atoms. The molecule has 30 heavy (non-hydrogen) atoms. The highest BCUT2D eigenvalue weighted by Crippen LogP contribution is 2.36. The van der Waals surface area contributed by atoms with Crippen LogP contribution in [0.1, 0.15) is 52.4 Å². The van der Waals surface area contributed by atoms with Crippen LogP contribution >= 0.6 is 11.6 Å². The zero-order chi connectivity index (χ0) is 21.4. The van der Waals surface area contributed by atoms with Gasteiger partial charge in [0.05, 0.1) is 0 Å². The summed E-state index contributed by atoms with van der Waals surface area (Å²) in [5.41, 5.74) is 10.3. The summed E-state index contributed by atoms with van der Waals surface area (Å²) in [4.78, 5) is 26.4. The first-order valence-electron chi connectivity index (χ1n) is 10.3. The van der Waals surface area contributed by atoms with Crippen molar-refractivity contribution in [3.05, 3.63) is 57.6 Å². The summed E-state index contributed by atoms with van der Waals surface area (Å²) in [6.45, 7) is 3.04. The van der Waals surface area contributed by atoms with Gasteiger partial charge >= 0.3 is 0 Å². The van der Waals surface area contributed by atoms with E-state index in [4.69, 9.17) is 17.3 Å². The van der Waals surface area contributed by atoms with E-state index in [-0.39, 0.29) is 29.5 Å². The third-order valence-electron chi connectivity index (χ3n) is 6.25. The van der Waals surface area contributed by atoms with Crippen molar-refractivity contribution in [2.24, 2.45) is 11.7 Å². The molecule has 4 N–H and O–H groups in total. The average molecular weight is 428 g/mol. The summed E-state index contributed by atoms with van der Waals surface area (Å²) in [5.74, 6) is 0.271. The first kappa shape index (κ1) is 20.7. The number of benzene rings is 2. The van der Waals surface area contributed by atoms with Gasteiger partial charge in [0.15, 0.2) is 0 Å². The Morgan fingerprint density at radius 1 is 1.23 bits per heavy atom. The van der Waals surface area contributed by atoms with E-state index in [1.807, 2.05) is 24.0 Å². The maximum absolute atomic E-state index is 13.0. The third kappa shape index (κ3) is 4.02. The standard InChI is InChI=1S/C23H26ClN3O3/c1-13-10-20(28)17(12-18(13)24)22(25)15-6-8-27(9-7-15)23(30)16-3-2-14-4-5-21(29)26-19(14)11-16/h2-3,10-12,15,22,28H,4-9,25H2,1H3,(H,26,29)/t22-/m1/s1. The predicted molar refractivity (Wildman–Crippen MR) is 117 cm³/mol. The number of nitrogens with one attached hydrogen (secondary N) is 1. The van der Waals surface area contributed by atoms with Gasteiger partial charge in [-0.1, -0.05) is 17.7 Å². The molecule has 1 saturated heterocycles. The van der Waals surface area contributed by atoms with Crippen molar-refractivity contribution >= 4 is 29.1 Å². The van der Waals surface area contributed by atoms with Crippen molar-refractivity contribution in [3.8, 4) is 5.75 Å². The molecule has 2 aliphatic rings. The Hall–Kier alpha value is -2.57. The van der Waals surface area contributed by atoms with Crippen LogP contribution in [-0.2, 0) is 11.2 Å². The van der Waals surface area contributed by atoms with E-state index < -0.39 is 0 Å². The van der Waals surface area contributed by atoms with Gasteiger partial charge in [0.2, 0.25) is 5.91 Å². The predicted octanol–water partition coefficient (Wildman–Crippen LogP) is 3.79. The van der Waals surface area contributed by atoms with Crippen LogP contribution in [0.25, 0.3) is 0 Å². The molecule has 0 radical (unpaired) electrons. The van der Waals surface area contributed by atoms with Gasteiger partial charge in [-0.05, 0) is 67.5 Å². The second-order valence-electron chi connectivity index (χ2n) is 8.24. The van der Waals surface area contributed by atoms with Crippen molar-refractivity contribution in [1.29, 1.82) is 0 Å².